The molecule has 0 aromatic carbocycles. The Bertz CT molecular complexity index is 433. The van der Waals surface area contributed by atoms with Crippen molar-refractivity contribution in [3.05, 3.63) is 17.8 Å². The first-order valence-corrected chi connectivity index (χ1v) is 6.57. The molecule has 0 bridgehead atoms. The number of anilines is 1. The predicted octanol–water partition coefficient (Wildman–Crippen LogP) is 0.969. The fraction of sp³-hybridized carbons (Fsp3) is 0.615. The number of carbonyl (C=O) groups is 1. The van der Waals surface area contributed by atoms with E-state index in [4.69, 9.17) is 5.73 Å². The van der Waals surface area contributed by atoms with Crippen molar-refractivity contribution in [1.82, 2.24) is 10.2 Å². The van der Waals surface area contributed by atoms with Crippen LogP contribution >= 0.6 is 0 Å². The van der Waals surface area contributed by atoms with E-state index in [1.54, 1.807) is 12.1 Å². The van der Waals surface area contributed by atoms with Crippen LogP contribution in [0.15, 0.2) is 12.1 Å². The first kappa shape index (κ1) is 13.7. The van der Waals surface area contributed by atoms with Crippen molar-refractivity contribution in [2.75, 3.05) is 18.6 Å². The van der Waals surface area contributed by atoms with Gasteiger partial charge in [-0.3, -0.25) is 0 Å². The van der Waals surface area contributed by atoms with E-state index >= 15 is 0 Å². The molecule has 2 unspecified atom stereocenters. The van der Waals surface area contributed by atoms with Gasteiger partial charge in [-0.25, -0.2) is 4.79 Å². The summed E-state index contributed by atoms with van der Waals surface area (Å²) in [5.41, 5.74) is 6.25. The minimum atomic E-state index is -0.471. The van der Waals surface area contributed by atoms with E-state index in [-0.39, 0.29) is 17.8 Å². The van der Waals surface area contributed by atoms with Crippen molar-refractivity contribution in [2.45, 2.75) is 38.3 Å². The number of nitrogens with two attached hydrogens (primary N) is 1. The Morgan fingerprint density at radius 1 is 1.47 bits per heavy atom. The quantitative estimate of drug-likeness (QED) is 0.819. The lowest BCUT2D eigenvalue weighted by Crippen LogP contribution is -2.49. The van der Waals surface area contributed by atoms with Crippen LogP contribution in [0.25, 0.3) is 0 Å². The molecule has 0 amide bonds. The molecule has 1 saturated heterocycles. The molecule has 1 aliphatic rings. The Labute approximate surface area is 112 Å². The lowest BCUT2D eigenvalue weighted by molar-refractivity contribution is 0.0592. The maximum absolute atomic E-state index is 11.3. The third-order valence-electron chi connectivity index (χ3n) is 3.50. The smallest absolute Gasteiger partial charge is 0.358 e. The van der Waals surface area contributed by atoms with Crippen LogP contribution < -0.4 is 10.6 Å². The number of carbonyl (C=O) groups excluding carboxylic acids is 1. The Morgan fingerprint density at radius 2 is 2.26 bits per heavy atom. The van der Waals surface area contributed by atoms with Gasteiger partial charge >= 0.3 is 5.97 Å². The zero-order chi connectivity index (χ0) is 13.8. The standard InChI is InChI=1S/C13H20N4O2/c1-9(14)11-5-3-4-8-17(11)12-7-6-10(15-16-12)13(18)19-2/h6-7,9,11H,3-5,8,14H2,1-2H3. The second kappa shape index (κ2) is 5.97. The normalized spacial score (nSPS) is 21.0. The number of hydrogen-bond acceptors (Lipinski definition) is 6. The van der Waals surface area contributed by atoms with Crippen LogP contribution in [0.1, 0.15) is 36.7 Å². The Kier molecular flexibility index (Phi) is 4.31. The SMILES string of the molecule is COC(=O)c1ccc(N2CCCCC2C(C)N)nn1. The molecule has 1 aromatic heterocycles. The van der Waals surface area contributed by atoms with Crippen LogP contribution in [0.3, 0.4) is 0 Å². The van der Waals surface area contributed by atoms with Crippen LogP contribution in [-0.2, 0) is 4.74 Å². The predicted molar refractivity (Wildman–Crippen MR) is 72.0 cm³/mol. The summed E-state index contributed by atoms with van der Waals surface area (Å²) in [4.78, 5) is 13.5. The van der Waals surface area contributed by atoms with Gasteiger partial charge in [-0.15, -0.1) is 10.2 Å². The topological polar surface area (TPSA) is 81.3 Å². The van der Waals surface area contributed by atoms with E-state index in [9.17, 15) is 4.79 Å². The Morgan fingerprint density at radius 3 is 2.84 bits per heavy atom. The van der Waals surface area contributed by atoms with Crippen LogP contribution in [0, 0.1) is 0 Å². The van der Waals surface area contributed by atoms with Gasteiger partial charge < -0.3 is 15.4 Å². The molecular formula is C13H20N4O2. The van der Waals surface area contributed by atoms with Crippen molar-refractivity contribution < 1.29 is 9.53 Å². The third kappa shape index (κ3) is 3.01. The highest BCUT2D eigenvalue weighted by Crippen LogP contribution is 2.24. The summed E-state index contributed by atoms with van der Waals surface area (Å²) < 4.78 is 4.61. The fourth-order valence-corrected chi connectivity index (χ4v) is 2.48. The van der Waals surface area contributed by atoms with Gasteiger partial charge in [-0.05, 0) is 38.3 Å². The Balaban J connectivity index is 2.18. The van der Waals surface area contributed by atoms with Crippen molar-refractivity contribution in [1.29, 1.82) is 0 Å². The van der Waals surface area contributed by atoms with Gasteiger partial charge in [0.25, 0.3) is 0 Å². The first-order chi connectivity index (χ1) is 9.13. The number of methoxy groups -OCH3 is 1. The van der Waals surface area contributed by atoms with Gasteiger partial charge in [0.1, 0.15) is 0 Å². The van der Waals surface area contributed by atoms with Gasteiger partial charge in [0.2, 0.25) is 0 Å². The maximum Gasteiger partial charge on any atom is 0.358 e. The third-order valence-corrected chi connectivity index (χ3v) is 3.50. The van der Waals surface area contributed by atoms with Crippen LogP contribution in [0.2, 0.25) is 0 Å². The van der Waals surface area contributed by atoms with E-state index in [0.717, 1.165) is 25.2 Å². The Hall–Kier alpha value is -1.69. The molecule has 2 N–H and O–H groups in total. The summed E-state index contributed by atoms with van der Waals surface area (Å²) in [6.45, 7) is 2.94. The minimum absolute atomic E-state index is 0.0855. The molecule has 0 aliphatic carbocycles. The van der Waals surface area contributed by atoms with Crippen molar-refractivity contribution >= 4 is 11.8 Å². The number of hydrogen-bond donors (Lipinski definition) is 1. The molecule has 0 spiro atoms. The summed E-state index contributed by atoms with van der Waals surface area (Å²) in [6.07, 6.45) is 3.39. The molecule has 0 saturated carbocycles. The van der Waals surface area contributed by atoms with Crippen LogP contribution in [-0.4, -0.2) is 41.9 Å². The van der Waals surface area contributed by atoms with Crippen molar-refractivity contribution in [3.63, 3.8) is 0 Å². The second-order valence-electron chi connectivity index (χ2n) is 4.88. The zero-order valence-electron chi connectivity index (χ0n) is 11.4. The molecule has 104 valence electrons. The maximum atomic E-state index is 11.3. The van der Waals surface area contributed by atoms with E-state index in [2.05, 4.69) is 19.8 Å². The number of aromatic nitrogens is 2. The van der Waals surface area contributed by atoms with E-state index in [1.165, 1.54) is 13.5 Å². The first-order valence-electron chi connectivity index (χ1n) is 6.57. The molecule has 2 rings (SSSR count). The number of esters is 1. The lowest BCUT2D eigenvalue weighted by Gasteiger charge is -2.38. The lowest BCUT2D eigenvalue weighted by atomic mass is 9.97. The van der Waals surface area contributed by atoms with Gasteiger partial charge in [-0.2, -0.15) is 0 Å². The second-order valence-corrected chi connectivity index (χ2v) is 4.88. The molecule has 1 fully saturated rings. The average Bonchev–Trinajstić information content (AvgIpc) is 2.46. The number of rotatable bonds is 3. The number of piperidine rings is 1. The summed E-state index contributed by atoms with van der Waals surface area (Å²) in [7, 11) is 1.33. The van der Waals surface area contributed by atoms with Crippen LogP contribution in [0.4, 0.5) is 5.82 Å². The summed E-state index contributed by atoms with van der Waals surface area (Å²) >= 11 is 0. The highest BCUT2D eigenvalue weighted by atomic mass is 16.5. The zero-order valence-corrected chi connectivity index (χ0v) is 11.4. The molecular weight excluding hydrogens is 244 g/mol. The van der Waals surface area contributed by atoms with Gasteiger partial charge in [-0.1, -0.05) is 0 Å². The largest absolute Gasteiger partial charge is 0.464 e. The van der Waals surface area contributed by atoms with E-state index < -0.39 is 5.97 Å². The average molecular weight is 264 g/mol. The molecule has 1 aliphatic heterocycles. The van der Waals surface area contributed by atoms with E-state index in [1.807, 2.05) is 6.92 Å². The van der Waals surface area contributed by atoms with Crippen LogP contribution in [0.5, 0.6) is 0 Å². The highest BCUT2D eigenvalue weighted by molar-refractivity contribution is 5.86. The monoisotopic (exact) mass is 264 g/mol. The van der Waals surface area contributed by atoms with Gasteiger partial charge in [0.05, 0.1) is 7.11 Å². The van der Waals surface area contributed by atoms with Crippen molar-refractivity contribution in [3.8, 4) is 0 Å². The molecule has 1 aromatic rings. The van der Waals surface area contributed by atoms with Gasteiger partial charge in [0.15, 0.2) is 11.5 Å². The molecule has 19 heavy (non-hydrogen) atoms. The molecule has 6 nitrogen and oxygen atoms in total. The number of ether oxygens (including phenoxy) is 1. The molecule has 6 heteroatoms. The summed E-state index contributed by atoms with van der Waals surface area (Å²) in [6, 6.07) is 3.82. The molecule has 0 radical (unpaired) electrons. The van der Waals surface area contributed by atoms with Crippen molar-refractivity contribution in [2.24, 2.45) is 5.73 Å². The highest BCUT2D eigenvalue weighted by Gasteiger charge is 2.26. The molecule has 2 atom stereocenters. The van der Waals surface area contributed by atoms with E-state index in [0.29, 0.717) is 0 Å². The van der Waals surface area contributed by atoms with Gasteiger partial charge in [0, 0.05) is 18.6 Å². The number of nitrogens with zero attached hydrogens (tertiary/aromatic N) is 3. The molecule has 2 heterocycles. The minimum Gasteiger partial charge on any atom is -0.464 e. The summed E-state index contributed by atoms with van der Waals surface area (Å²) in [5, 5.41) is 8.03. The summed E-state index contributed by atoms with van der Waals surface area (Å²) in [5.74, 6) is 0.302. The fourth-order valence-electron chi connectivity index (χ4n) is 2.48.